The average Bonchev–Trinajstić information content (AvgIpc) is 2.50. The molecule has 2 rings (SSSR count). The number of hydrogen-bond acceptors (Lipinski definition) is 8. The Bertz CT molecular complexity index is 342. The SMILES string of the molecule is OCCC1(O)CCC(O[C@@H]2O[C@H](CO)[C@@H](O)[C@H](O)[C@H]2O)CC1. The zero-order valence-electron chi connectivity index (χ0n) is 12.4. The Morgan fingerprint density at radius 1 is 1.00 bits per heavy atom. The molecule has 2 aliphatic rings. The van der Waals surface area contributed by atoms with Crippen molar-refractivity contribution in [2.75, 3.05) is 13.2 Å². The van der Waals surface area contributed by atoms with Gasteiger partial charge in [-0.25, -0.2) is 0 Å². The first kappa shape index (κ1) is 18.0. The Labute approximate surface area is 128 Å². The van der Waals surface area contributed by atoms with E-state index >= 15 is 0 Å². The molecule has 22 heavy (non-hydrogen) atoms. The van der Waals surface area contributed by atoms with Gasteiger partial charge in [-0.3, -0.25) is 0 Å². The van der Waals surface area contributed by atoms with Crippen molar-refractivity contribution in [1.82, 2.24) is 0 Å². The minimum Gasteiger partial charge on any atom is -0.396 e. The lowest BCUT2D eigenvalue weighted by atomic mass is 9.81. The van der Waals surface area contributed by atoms with Gasteiger partial charge in [0.2, 0.25) is 0 Å². The fourth-order valence-corrected chi connectivity index (χ4v) is 3.09. The van der Waals surface area contributed by atoms with E-state index in [0.717, 1.165) is 0 Å². The first-order chi connectivity index (χ1) is 10.4. The Kier molecular flexibility index (Phi) is 6.14. The van der Waals surface area contributed by atoms with E-state index in [0.29, 0.717) is 32.1 Å². The highest BCUT2D eigenvalue weighted by Gasteiger charge is 2.45. The topological polar surface area (TPSA) is 140 Å². The smallest absolute Gasteiger partial charge is 0.186 e. The van der Waals surface area contributed by atoms with Gasteiger partial charge in [-0.1, -0.05) is 0 Å². The van der Waals surface area contributed by atoms with Crippen LogP contribution in [0.4, 0.5) is 0 Å². The van der Waals surface area contributed by atoms with Gasteiger partial charge in [0, 0.05) is 6.61 Å². The average molecular weight is 322 g/mol. The molecule has 0 radical (unpaired) electrons. The van der Waals surface area contributed by atoms with E-state index in [1.807, 2.05) is 0 Å². The van der Waals surface area contributed by atoms with Crippen molar-refractivity contribution in [2.45, 2.75) is 74.5 Å². The van der Waals surface area contributed by atoms with E-state index in [-0.39, 0.29) is 12.7 Å². The van der Waals surface area contributed by atoms with Crippen LogP contribution in [0.5, 0.6) is 0 Å². The van der Waals surface area contributed by atoms with Gasteiger partial charge in [0.05, 0.1) is 18.3 Å². The molecular formula is C14H26O8. The molecular weight excluding hydrogens is 296 g/mol. The summed E-state index contributed by atoms with van der Waals surface area (Å²) in [7, 11) is 0. The van der Waals surface area contributed by atoms with Crippen LogP contribution in [0.3, 0.4) is 0 Å². The molecule has 130 valence electrons. The van der Waals surface area contributed by atoms with E-state index in [1.54, 1.807) is 0 Å². The van der Waals surface area contributed by atoms with E-state index in [2.05, 4.69) is 0 Å². The third-order valence-corrected chi connectivity index (χ3v) is 4.62. The van der Waals surface area contributed by atoms with Crippen molar-refractivity contribution in [1.29, 1.82) is 0 Å². The zero-order chi connectivity index (χ0) is 16.3. The van der Waals surface area contributed by atoms with Crippen LogP contribution in [0.1, 0.15) is 32.1 Å². The summed E-state index contributed by atoms with van der Waals surface area (Å²) in [6, 6.07) is 0. The number of rotatable bonds is 5. The first-order valence-electron chi connectivity index (χ1n) is 7.69. The molecule has 1 saturated carbocycles. The molecule has 6 N–H and O–H groups in total. The van der Waals surface area contributed by atoms with Gasteiger partial charge in [0.1, 0.15) is 24.4 Å². The largest absolute Gasteiger partial charge is 0.396 e. The maximum absolute atomic E-state index is 10.2. The van der Waals surface area contributed by atoms with E-state index in [4.69, 9.17) is 19.7 Å². The Balaban J connectivity index is 1.88. The summed E-state index contributed by atoms with van der Waals surface area (Å²) >= 11 is 0. The van der Waals surface area contributed by atoms with Crippen LogP contribution >= 0.6 is 0 Å². The molecule has 1 heterocycles. The summed E-state index contributed by atoms with van der Waals surface area (Å²) in [5, 5.41) is 57.6. The third-order valence-electron chi connectivity index (χ3n) is 4.62. The number of ether oxygens (including phenoxy) is 2. The summed E-state index contributed by atoms with van der Waals surface area (Å²) in [6.45, 7) is -0.569. The highest BCUT2D eigenvalue weighted by Crippen LogP contribution is 2.34. The standard InChI is InChI=1S/C14H26O8/c15-6-5-14(20)3-1-8(2-4-14)21-13-12(19)11(18)10(17)9(7-16)22-13/h8-13,15-20H,1-7H2/t8?,9-,10-,11+,12-,13-,14?/m1/s1. The molecule has 0 aromatic heterocycles. The molecule has 0 aromatic carbocycles. The molecule has 1 aliphatic heterocycles. The second-order valence-corrected chi connectivity index (χ2v) is 6.23. The van der Waals surface area contributed by atoms with Crippen LogP contribution in [0, 0.1) is 0 Å². The van der Waals surface area contributed by atoms with Crippen molar-refractivity contribution in [2.24, 2.45) is 0 Å². The monoisotopic (exact) mass is 322 g/mol. The minimum absolute atomic E-state index is 0.0747. The van der Waals surface area contributed by atoms with Crippen molar-refractivity contribution >= 4 is 0 Å². The lowest BCUT2D eigenvalue weighted by molar-refractivity contribution is -0.314. The van der Waals surface area contributed by atoms with Crippen LogP contribution < -0.4 is 0 Å². The molecule has 0 aromatic rings. The van der Waals surface area contributed by atoms with Gasteiger partial charge in [0.25, 0.3) is 0 Å². The van der Waals surface area contributed by atoms with E-state index < -0.39 is 42.9 Å². The summed E-state index contributed by atoms with van der Waals surface area (Å²) in [6.07, 6.45) is -4.33. The number of aliphatic hydroxyl groups excluding tert-OH is 5. The van der Waals surface area contributed by atoms with Crippen LogP contribution in [0.25, 0.3) is 0 Å². The van der Waals surface area contributed by atoms with Gasteiger partial charge >= 0.3 is 0 Å². The van der Waals surface area contributed by atoms with Crippen LogP contribution in [0.15, 0.2) is 0 Å². The summed E-state index contributed by atoms with van der Waals surface area (Å²) in [5.41, 5.74) is -0.885. The van der Waals surface area contributed by atoms with Gasteiger partial charge < -0.3 is 40.1 Å². The van der Waals surface area contributed by atoms with Gasteiger partial charge in [-0.2, -0.15) is 0 Å². The van der Waals surface area contributed by atoms with Crippen LogP contribution in [0.2, 0.25) is 0 Å². The molecule has 0 amide bonds. The molecule has 1 saturated heterocycles. The maximum atomic E-state index is 10.2. The molecule has 0 bridgehead atoms. The lowest BCUT2D eigenvalue weighted by Gasteiger charge is -2.42. The van der Waals surface area contributed by atoms with Gasteiger partial charge in [0.15, 0.2) is 6.29 Å². The van der Waals surface area contributed by atoms with Crippen molar-refractivity contribution in [3.05, 3.63) is 0 Å². The number of hydrogen-bond donors (Lipinski definition) is 6. The molecule has 0 spiro atoms. The van der Waals surface area contributed by atoms with Crippen molar-refractivity contribution in [3.63, 3.8) is 0 Å². The quantitative estimate of drug-likeness (QED) is 0.337. The minimum atomic E-state index is -1.45. The molecule has 2 fully saturated rings. The molecule has 8 heteroatoms. The Hall–Kier alpha value is -0.320. The first-order valence-corrected chi connectivity index (χ1v) is 7.69. The second-order valence-electron chi connectivity index (χ2n) is 6.23. The van der Waals surface area contributed by atoms with Gasteiger partial charge in [-0.15, -0.1) is 0 Å². The predicted octanol–water partition coefficient (Wildman–Crippen LogP) is -2.14. The molecule has 8 nitrogen and oxygen atoms in total. The van der Waals surface area contributed by atoms with Crippen LogP contribution in [-0.2, 0) is 9.47 Å². The molecule has 5 atom stereocenters. The van der Waals surface area contributed by atoms with Gasteiger partial charge in [-0.05, 0) is 32.1 Å². The van der Waals surface area contributed by atoms with Crippen LogP contribution in [-0.4, -0.2) is 86.3 Å². The number of aliphatic hydroxyl groups is 6. The van der Waals surface area contributed by atoms with E-state index in [9.17, 15) is 20.4 Å². The van der Waals surface area contributed by atoms with Crippen molar-refractivity contribution < 1.29 is 40.1 Å². The Morgan fingerprint density at radius 2 is 1.64 bits per heavy atom. The van der Waals surface area contributed by atoms with Crippen molar-refractivity contribution in [3.8, 4) is 0 Å². The maximum Gasteiger partial charge on any atom is 0.186 e. The lowest BCUT2D eigenvalue weighted by Crippen LogP contribution is -2.59. The van der Waals surface area contributed by atoms with E-state index in [1.165, 1.54) is 0 Å². The fourth-order valence-electron chi connectivity index (χ4n) is 3.09. The zero-order valence-corrected chi connectivity index (χ0v) is 12.4. The summed E-state index contributed by atoms with van der Waals surface area (Å²) in [4.78, 5) is 0. The third kappa shape index (κ3) is 3.95. The summed E-state index contributed by atoms with van der Waals surface area (Å²) in [5.74, 6) is 0. The predicted molar refractivity (Wildman–Crippen MR) is 73.8 cm³/mol. The highest BCUT2D eigenvalue weighted by atomic mass is 16.7. The second kappa shape index (κ2) is 7.50. The molecule has 0 unspecified atom stereocenters. The fraction of sp³-hybridized carbons (Fsp3) is 1.00. The normalized spacial score (nSPS) is 46.6. The summed E-state index contributed by atoms with van der Waals surface area (Å²) < 4.78 is 10.9. The highest BCUT2D eigenvalue weighted by molar-refractivity contribution is 4.90. The Morgan fingerprint density at radius 3 is 2.18 bits per heavy atom. The molecule has 1 aliphatic carbocycles.